The monoisotopic (exact) mass is 607 g/mol. The molecule has 0 aromatic heterocycles. The molecule has 1 aliphatic carbocycles. The topological polar surface area (TPSA) is 61.9 Å². The zero-order valence-electron chi connectivity index (χ0n) is 24.7. The third-order valence-corrected chi connectivity index (χ3v) is 10.1. The number of carbonyl (C=O) groups excluding carboxylic acids is 2. The van der Waals surface area contributed by atoms with Crippen molar-refractivity contribution in [3.05, 3.63) is 99.5 Å². The molecule has 1 aliphatic heterocycles. The van der Waals surface area contributed by atoms with Crippen LogP contribution in [0.2, 0.25) is 10.0 Å². The van der Waals surface area contributed by atoms with E-state index < -0.39 is 5.41 Å². The standard InChI is InChI=1S/C34H39Cl2N3O3/c1-23(25-10-13-29(42-4)14-11-25)38(3)32(41)34(27-12-15-30(35)31(36)20-27)21-28(34)22-39-18-16-33(17-19-39,37-24(2)40)26-8-6-5-7-9-26/h5-15,20,23,28H,16-19,21-22H2,1-4H3,(H,37,40)/t23?,28-,34+/m0/s1. The van der Waals surface area contributed by atoms with E-state index in [9.17, 15) is 9.59 Å². The van der Waals surface area contributed by atoms with Crippen molar-refractivity contribution < 1.29 is 14.3 Å². The third-order valence-electron chi connectivity index (χ3n) is 9.35. The molecule has 5 rings (SSSR count). The van der Waals surface area contributed by atoms with Gasteiger partial charge < -0.3 is 19.9 Å². The number of carbonyl (C=O) groups is 2. The molecule has 2 fully saturated rings. The number of ether oxygens (including phenoxy) is 1. The number of likely N-dealkylation sites (tertiary alicyclic amines) is 1. The average Bonchev–Trinajstić information content (AvgIpc) is 3.73. The highest BCUT2D eigenvalue weighted by Gasteiger charge is 2.62. The Morgan fingerprint density at radius 2 is 1.67 bits per heavy atom. The number of methoxy groups -OCH3 is 1. The number of likely N-dealkylation sites (N-methyl/N-ethyl adjacent to an activating group) is 1. The van der Waals surface area contributed by atoms with Crippen molar-refractivity contribution in [2.24, 2.45) is 5.92 Å². The highest BCUT2D eigenvalue weighted by Crippen LogP contribution is 2.57. The van der Waals surface area contributed by atoms with Crippen LogP contribution in [0, 0.1) is 5.92 Å². The van der Waals surface area contributed by atoms with Gasteiger partial charge in [0.05, 0.1) is 34.2 Å². The molecule has 3 aromatic carbocycles. The van der Waals surface area contributed by atoms with E-state index in [1.807, 2.05) is 66.5 Å². The largest absolute Gasteiger partial charge is 0.497 e. The summed E-state index contributed by atoms with van der Waals surface area (Å²) in [6, 6.07) is 23.6. The first kappa shape index (κ1) is 30.4. The molecule has 1 saturated carbocycles. The van der Waals surface area contributed by atoms with Crippen LogP contribution >= 0.6 is 23.2 Å². The van der Waals surface area contributed by atoms with Gasteiger partial charge in [-0.05, 0) is 73.1 Å². The first-order valence-corrected chi connectivity index (χ1v) is 15.3. The molecule has 0 bridgehead atoms. The van der Waals surface area contributed by atoms with E-state index in [-0.39, 0.29) is 29.3 Å². The summed E-state index contributed by atoms with van der Waals surface area (Å²) in [5.74, 6) is 0.986. The zero-order chi connectivity index (χ0) is 30.1. The SMILES string of the molecule is COc1ccc(C(C)N(C)C(=O)[C@@]2(c3ccc(Cl)c(Cl)c3)C[C@H]2CN2CCC(NC(C)=O)(c3ccccc3)CC2)cc1. The molecule has 6 nitrogen and oxygen atoms in total. The Kier molecular flexibility index (Phi) is 8.89. The Bertz CT molecular complexity index is 1420. The molecule has 1 saturated heterocycles. The van der Waals surface area contributed by atoms with Gasteiger partial charge in [-0.15, -0.1) is 0 Å². The van der Waals surface area contributed by atoms with Crippen molar-refractivity contribution in [3.63, 3.8) is 0 Å². The molecule has 222 valence electrons. The summed E-state index contributed by atoms with van der Waals surface area (Å²) >= 11 is 12.8. The van der Waals surface area contributed by atoms with Crippen LogP contribution in [0.1, 0.15) is 55.8 Å². The molecule has 0 spiro atoms. The minimum Gasteiger partial charge on any atom is -0.497 e. The molecule has 0 radical (unpaired) electrons. The van der Waals surface area contributed by atoms with Crippen LogP contribution in [0.15, 0.2) is 72.8 Å². The van der Waals surface area contributed by atoms with Gasteiger partial charge in [0.1, 0.15) is 5.75 Å². The number of nitrogens with zero attached hydrogens (tertiary/aromatic N) is 2. The molecule has 2 aliphatic rings. The fraction of sp³-hybridized carbons (Fsp3) is 0.412. The van der Waals surface area contributed by atoms with E-state index in [1.54, 1.807) is 20.1 Å². The lowest BCUT2D eigenvalue weighted by Gasteiger charge is -2.43. The van der Waals surface area contributed by atoms with Gasteiger partial charge in [0.25, 0.3) is 0 Å². The van der Waals surface area contributed by atoms with E-state index in [1.165, 1.54) is 0 Å². The molecule has 1 heterocycles. The molecule has 1 N–H and O–H groups in total. The first-order chi connectivity index (χ1) is 20.1. The number of rotatable bonds is 9. The van der Waals surface area contributed by atoms with Crippen molar-refractivity contribution in [3.8, 4) is 5.75 Å². The van der Waals surface area contributed by atoms with E-state index in [2.05, 4.69) is 29.3 Å². The normalized spacial score (nSPS) is 22.2. The van der Waals surface area contributed by atoms with Crippen LogP contribution in [-0.2, 0) is 20.5 Å². The molecule has 8 heteroatoms. The van der Waals surface area contributed by atoms with Crippen LogP contribution in [0.25, 0.3) is 0 Å². The smallest absolute Gasteiger partial charge is 0.233 e. The quantitative estimate of drug-likeness (QED) is 0.297. The van der Waals surface area contributed by atoms with Crippen molar-refractivity contribution in [1.29, 1.82) is 0 Å². The summed E-state index contributed by atoms with van der Waals surface area (Å²) in [4.78, 5) is 30.9. The fourth-order valence-corrected chi connectivity index (χ4v) is 6.97. The molecule has 42 heavy (non-hydrogen) atoms. The Labute approximate surface area is 258 Å². The summed E-state index contributed by atoms with van der Waals surface area (Å²) < 4.78 is 5.31. The first-order valence-electron chi connectivity index (χ1n) is 14.5. The summed E-state index contributed by atoms with van der Waals surface area (Å²) in [6.45, 7) is 6.09. The number of amides is 2. The number of nitrogens with one attached hydrogen (secondary N) is 1. The van der Waals surface area contributed by atoms with Crippen LogP contribution in [-0.4, -0.2) is 55.4 Å². The molecule has 2 amide bonds. The van der Waals surface area contributed by atoms with Crippen LogP contribution < -0.4 is 10.1 Å². The lowest BCUT2D eigenvalue weighted by Crippen LogP contribution is -2.53. The van der Waals surface area contributed by atoms with Gasteiger partial charge in [-0.1, -0.05) is 71.7 Å². The number of benzene rings is 3. The van der Waals surface area contributed by atoms with Crippen molar-refractivity contribution in [2.75, 3.05) is 33.8 Å². The fourth-order valence-electron chi connectivity index (χ4n) is 6.67. The minimum atomic E-state index is -0.671. The highest BCUT2D eigenvalue weighted by molar-refractivity contribution is 6.42. The Balaban J connectivity index is 1.36. The summed E-state index contributed by atoms with van der Waals surface area (Å²) in [6.07, 6.45) is 2.37. The predicted octanol–water partition coefficient (Wildman–Crippen LogP) is 6.61. The van der Waals surface area contributed by atoms with E-state index in [0.717, 1.165) is 61.3 Å². The number of hydrogen-bond donors (Lipinski definition) is 1. The van der Waals surface area contributed by atoms with Gasteiger partial charge in [-0.3, -0.25) is 9.59 Å². The van der Waals surface area contributed by atoms with E-state index in [4.69, 9.17) is 27.9 Å². The Morgan fingerprint density at radius 1 is 1.00 bits per heavy atom. The van der Waals surface area contributed by atoms with Crippen molar-refractivity contribution in [1.82, 2.24) is 15.1 Å². The number of hydrogen-bond acceptors (Lipinski definition) is 4. The number of piperidine rings is 1. The van der Waals surface area contributed by atoms with Crippen LogP contribution in [0.5, 0.6) is 5.75 Å². The summed E-state index contributed by atoms with van der Waals surface area (Å²) in [5.41, 5.74) is 2.04. The van der Waals surface area contributed by atoms with Gasteiger partial charge in [0, 0.05) is 33.6 Å². The molecular weight excluding hydrogens is 569 g/mol. The third kappa shape index (κ3) is 5.90. The lowest BCUT2D eigenvalue weighted by atomic mass is 9.80. The second-order valence-corrected chi connectivity index (χ2v) is 12.6. The highest BCUT2D eigenvalue weighted by atomic mass is 35.5. The average molecular weight is 609 g/mol. The summed E-state index contributed by atoms with van der Waals surface area (Å²) in [5, 5.41) is 4.20. The molecule has 3 atom stereocenters. The van der Waals surface area contributed by atoms with Gasteiger partial charge in [-0.2, -0.15) is 0 Å². The maximum Gasteiger partial charge on any atom is 0.233 e. The maximum atomic E-state index is 14.4. The Morgan fingerprint density at radius 3 is 2.26 bits per heavy atom. The van der Waals surface area contributed by atoms with Gasteiger partial charge in [0.2, 0.25) is 11.8 Å². The van der Waals surface area contributed by atoms with Crippen molar-refractivity contribution in [2.45, 2.75) is 50.1 Å². The van der Waals surface area contributed by atoms with E-state index >= 15 is 0 Å². The van der Waals surface area contributed by atoms with E-state index in [0.29, 0.717) is 10.0 Å². The van der Waals surface area contributed by atoms with Gasteiger partial charge in [-0.25, -0.2) is 0 Å². The Hall–Kier alpha value is -3.06. The van der Waals surface area contributed by atoms with Crippen LogP contribution in [0.4, 0.5) is 0 Å². The number of halogens is 2. The molecule has 3 aromatic rings. The second-order valence-electron chi connectivity index (χ2n) is 11.8. The van der Waals surface area contributed by atoms with Crippen LogP contribution in [0.3, 0.4) is 0 Å². The van der Waals surface area contributed by atoms with Crippen molar-refractivity contribution >= 4 is 35.0 Å². The van der Waals surface area contributed by atoms with Gasteiger partial charge in [0.15, 0.2) is 0 Å². The maximum absolute atomic E-state index is 14.4. The van der Waals surface area contributed by atoms with Gasteiger partial charge >= 0.3 is 0 Å². The lowest BCUT2D eigenvalue weighted by molar-refractivity contribution is -0.135. The minimum absolute atomic E-state index is 0.0206. The summed E-state index contributed by atoms with van der Waals surface area (Å²) in [7, 11) is 3.53. The molecular formula is C34H39Cl2N3O3. The predicted molar refractivity (Wildman–Crippen MR) is 168 cm³/mol. The second kappa shape index (κ2) is 12.3. The zero-order valence-corrected chi connectivity index (χ0v) is 26.2. The molecule has 1 unspecified atom stereocenters.